The molecule has 2 aromatic carbocycles. The minimum absolute atomic E-state index is 0.0300. The first kappa shape index (κ1) is 21.3. The van der Waals surface area contributed by atoms with E-state index in [1.54, 1.807) is 29.3 Å². The van der Waals surface area contributed by atoms with E-state index in [-0.39, 0.29) is 17.0 Å². The van der Waals surface area contributed by atoms with Crippen LogP contribution in [0.1, 0.15) is 27.1 Å². The molecule has 1 unspecified atom stereocenters. The maximum Gasteiger partial charge on any atom is 0.259 e. The summed E-state index contributed by atoms with van der Waals surface area (Å²) < 4.78 is 28.2. The van der Waals surface area contributed by atoms with Crippen molar-refractivity contribution < 1.29 is 18.4 Å². The van der Waals surface area contributed by atoms with Crippen LogP contribution in [0.3, 0.4) is 0 Å². The zero-order valence-corrected chi connectivity index (χ0v) is 17.7. The Morgan fingerprint density at radius 1 is 1.06 bits per heavy atom. The Hall–Kier alpha value is -3.57. The van der Waals surface area contributed by atoms with Crippen LogP contribution in [0.25, 0.3) is 0 Å². The second-order valence-electron chi connectivity index (χ2n) is 8.00. The molecule has 5 rings (SSSR count). The van der Waals surface area contributed by atoms with Crippen LogP contribution < -0.4 is 21.2 Å². The van der Waals surface area contributed by atoms with Gasteiger partial charge in [-0.3, -0.25) is 14.5 Å². The minimum Gasteiger partial charge on any atom is -0.352 e. The molecule has 3 heterocycles. The quantitative estimate of drug-likeness (QED) is 0.651. The maximum atomic E-state index is 14.7. The molecule has 1 saturated heterocycles. The fourth-order valence-corrected chi connectivity index (χ4v) is 4.29. The molecule has 3 aliphatic heterocycles. The van der Waals surface area contributed by atoms with Crippen LogP contribution in [0.5, 0.6) is 0 Å². The highest BCUT2D eigenvalue weighted by molar-refractivity contribution is 6.01. The van der Waals surface area contributed by atoms with Crippen molar-refractivity contribution in [1.82, 2.24) is 20.5 Å². The van der Waals surface area contributed by atoms with E-state index in [0.717, 1.165) is 0 Å². The summed E-state index contributed by atoms with van der Waals surface area (Å²) >= 11 is 0. The Morgan fingerprint density at radius 2 is 1.94 bits per heavy atom. The monoisotopic (exact) mass is 455 g/mol. The van der Waals surface area contributed by atoms with Crippen LogP contribution in [0.15, 0.2) is 41.5 Å². The van der Waals surface area contributed by atoms with Gasteiger partial charge in [0.15, 0.2) is 6.29 Å². The lowest BCUT2D eigenvalue weighted by Crippen LogP contribution is -2.56. The summed E-state index contributed by atoms with van der Waals surface area (Å²) in [5.41, 5.74) is 4.11. The molecule has 1 atom stereocenters. The SMILES string of the molecule is O=C1NC(N2CCCN(C(=O)c3c(F)cccc3N3N=CCN3)CC2)Nc2ccc(F)cc21. The first-order valence-corrected chi connectivity index (χ1v) is 10.8. The molecule has 0 aromatic heterocycles. The van der Waals surface area contributed by atoms with Gasteiger partial charge in [-0.25, -0.2) is 14.2 Å². The molecule has 0 radical (unpaired) electrons. The van der Waals surface area contributed by atoms with E-state index in [4.69, 9.17) is 0 Å². The lowest BCUT2D eigenvalue weighted by Gasteiger charge is -2.36. The van der Waals surface area contributed by atoms with E-state index in [1.807, 2.05) is 4.90 Å². The van der Waals surface area contributed by atoms with Gasteiger partial charge >= 0.3 is 0 Å². The van der Waals surface area contributed by atoms with Gasteiger partial charge in [-0.05, 0) is 36.8 Å². The zero-order valence-electron chi connectivity index (χ0n) is 17.7. The number of hydrogen-bond donors (Lipinski definition) is 3. The molecule has 0 saturated carbocycles. The normalized spacial score (nSPS) is 20.8. The van der Waals surface area contributed by atoms with Crippen LogP contribution >= 0.6 is 0 Å². The summed E-state index contributed by atoms with van der Waals surface area (Å²) in [4.78, 5) is 29.4. The third-order valence-corrected chi connectivity index (χ3v) is 5.93. The van der Waals surface area contributed by atoms with Crippen molar-refractivity contribution in [2.24, 2.45) is 5.10 Å². The predicted molar refractivity (Wildman–Crippen MR) is 119 cm³/mol. The van der Waals surface area contributed by atoms with Crippen molar-refractivity contribution >= 4 is 29.4 Å². The Labute approximate surface area is 189 Å². The van der Waals surface area contributed by atoms with Gasteiger partial charge in [-0.15, -0.1) is 0 Å². The van der Waals surface area contributed by atoms with Gasteiger partial charge in [0.05, 0.1) is 17.8 Å². The van der Waals surface area contributed by atoms with Gasteiger partial charge in [-0.2, -0.15) is 10.2 Å². The van der Waals surface area contributed by atoms with Gasteiger partial charge in [0.2, 0.25) is 0 Å². The summed E-state index contributed by atoms with van der Waals surface area (Å²) in [7, 11) is 0. The molecular formula is C22H23F2N7O2. The van der Waals surface area contributed by atoms with Crippen molar-refractivity contribution in [3.63, 3.8) is 0 Å². The smallest absolute Gasteiger partial charge is 0.259 e. The van der Waals surface area contributed by atoms with E-state index < -0.39 is 23.8 Å². The summed E-state index contributed by atoms with van der Waals surface area (Å²) in [5, 5.41) is 11.6. The largest absolute Gasteiger partial charge is 0.352 e. The fraction of sp³-hybridized carbons (Fsp3) is 0.318. The number of hydrazine groups is 1. The van der Waals surface area contributed by atoms with Crippen LogP contribution in [-0.2, 0) is 0 Å². The van der Waals surface area contributed by atoms with Crippen molar-refractivity contribution in [2.75, 3.05) is 43.2 Å². The van der Waals surface area contributed by atoms with Crippen LogP contribution in [0.4, 0.5) is 20.2 Å². The van der Waals surface area contributed by atoms with Crippen LogP contribution in [0.2, 0.25) is 0 Å². The average molecular weight is 455 g/mol. The second-order valence-corrected chi connectivity index (χ2v) is 8.00. The highest BCUT2D eigenvalue weighted by Crippen LogP contribution is 2.26. The number of rotatable bonds is 3. The third-order valence-electron chi connectivity index (χ3n) is 5.93. The summed E-state index contributed by atoms with van der Waals surface area (Å²) in [6.45, 7) is 2.37. The molecule has 172 valence electrons. The molecule has 0 aliphatic carbocycles. The second kappa shape index (κ2) is 8.75. The summed E-state index contributed by atoms with van der Waals surface area (Å²) in [6.07, 6.45) is 1.79. The predicted octanol–water partition coefficient (Wildman–Crippen LogP) is 1.56. The fourth-order valence-electron chi connectivity index (χ4n) is 4.29. The Morgan fingerprint density at radius 3 is 2.76 bits per heavy atom. The number of anilines is 2. The van der Waals surface area contributed by atoms with Gasteiger partial charge < -0.3 is 15.5 Å². The van der Waals surface area contributed by atoms with E-state index in [2.05, 4.69) is 21.2 Å². The molecule has 9 nitrogen and oxygen atoms in total. The number of hydrazone groups is 1. The Balaban J connectivity index is 1.31. The van der Waals surface area contributed by atoms with E-state index in [1.165, 1.54) is 23.3 Å². The third kappa shape index (κ3) is 4.12. The first-order valence-electron chi connectivity index (χ1n) is 10.8. The van der Waals surface area contributed by atoms with Crippen LogP contribution in [-0.4, -0.2) is 66.8 Å². The summed E-state index contributed by atoms with van der Waals surface area (Å²) in [6, 6.07) is 8.50. The van der Waals surface area contributed by atoms with Gasteiger partial charge in [-0.1, -0.05) is 6.07 Å². The molecule has 2 amide bonds. The van der Waals surface area contributed by atoms with E-state index in [9.17, 15) is 18.4 Å². The molecule has 3 aliphatic rings. The molecule has 0 spiro atoms. The number of halogens is 2. The Bertz CT molecular complexity index is 1130. The highest BCUT2D eigenvalue weighted by Gasteiger charge is 2.32. The maximum absolute atomic E-state index is 14.7. The average Bonchev–Trinajstić information content (AvgIpc) is 3.23. The zero-order chi connectivity index (χ0) is 22.9. The Kier molecular flexibility index (Phi) is 5.65. The number of fused-ring (bicyclic) bond motifs is 1. The van der Waals surface area contributed by atoms with Crippen molar-refractivity contribution in [3.8, 4) is 0 Å². The van der Waals surface area contributed by atoms with E-state index >= 15 is 0 Å². The van der Waals surface area contributed by atoms with Gasteiger partial charge in [0, 0.05) is 38.1 Å². The number of benzene rings is 2. The van der Waals surface area contributed by atoms with Crippen LogP contribution in [0, 0.1) is 11.6 Å². The number of amides is 2. The summed E-state index contributed by atoms with van der Waals surface area (Å²) in [5.74, 6) is -1.85. The van der Waals surface area contributed by atoms with Crippen molar-refractivity contribution in [1.29, 1.82) is 0 Å². The number of hydrogen-bond acceptors (Lipinski definition) is 7. The standard InChI is InChI=1S/C22H23F2N7O2/c23-14-5-6-17-15(13-14)20(32)28-22(27-17)30-10-2-9-29(11-12-30)21(33)19-16(24)3-1-4-18(19)31-25-7-8-26-31/h1,3-7,13,22,26-27H,2,8-12H2,(H,28,32). The topological polar surface area (TPSA) is 92.3 Å². The molecule has 11 heteroatoms. The lowest BCUT2D eigenvalue weighted by molar-refractivity contribution is 0.0743. The lowest BCUT2D eigenvalue weighted by atomic mass is 10.1. The first-order chi connectivity index (χ1) is 16.0. The van der Waals surface area contributed by atoms with Crippen molar-refractivity contribution in [2.45, 2.75) is 12.7 Å². The number of carbonyl (C=O) groups is 2. The van der Waals surface area contributed by atoms with Gasteiger partial charge in [0.25, 0.3) is 11.8 Å². The molecular weight excluding hydrogens is 432 g/mol. The molecule has 3 N–H and O–H groups in total. The number of carbonyl (C=O) groups excluding carboxylic acids is 2. The molecule has 2 aromatic rings. The van der Waals surface area contributed by atoms with Crippen molar-refractivity contribution in [3.05, 3.63) is 59.2 Å². The molecule has 1 fully saturated rings. The number of nitrogens with zero attached hydrogens (tertiary/aromatic N) is 4. The number of nitrogens with one attached hydrogen (secondary N) is 3. The molecule has 33 heavy (non-hydrogen) atoms. The van der Waals surface area contributed by atoms with E-state index in [0.29, 0.717) is 50.5 Å². The highest BCUT2D eigenvalue weighted by atomic mass is 19.1. The molecule has 0 bridgehead atoms. The van der Waals surface area contributed by atoms with Gasteiger partial charge in [0.1, 0.15) is 17.2 Å². The minimum atomic E-state index is -0.604.